The molecule has 20 heavy (non-hydrogen) atoms. The number of benzene rings is 1. The second kappa shape index (κ2) is 2.85. The van der Waals surface area contributed by atoms with E-state index in [9.17, 15) is 0 Å². The fraction of sp³-hybridized carbons (Fsp3) is 0.176. The minimum Gasteiger partial charge on any atom is -0.263 e. The van der Waals surface area contributed by atoms with Crippen LogP contribution in [-0.2, 0) is 19.4 Å². The lowest BCUT2D eigenvalue weighted by atomic mass is 9.98. The number of aromatic nitrogens is 3. The van der Waals surface area contributed by atoms with Crippen LogP contribution in [-0.4, -0.2) is 9.38 Å². The molecule has 0 N–H and O–H groups in total. The zero-order valence-electron chi connectivity index (χ0n) is 10.9. The molecule has 3 heteroatoms. The van der Waals surface area contributed by atoms with E-state index in [4.69, 9.17) is 0 Å². The number of hydrogen-bond acceptors (Lipinski definition) is 1. The molecule has 0 fully saturated rings. The molecule has 0 radical (unpaired) electrons. The zero-order chi connectivity index (χ0) is 12.8. The Bertz CT molecular complexity index is 1070. The molecule has 0 atom stereocenters. The molecule has 2 aliphatic rings. The molecule has 0 unspecified atom stereocenters. The highest BCUT2D eigenvalue weighted by Gasteiger charge is 2.32. The van der Waals surface area contributed by atoms with Crippen LogP contribution in [0.4, 0.5) is 0 Å². The van der Waals surface area contributed by atoms with Crippen molar-refractivity contribution in [2.45, 2.75) is 19.4 Å². The zero-order valence-corrected chi connectivity index (χ0v) is 10.9. The summed E-state index contributed by atoms with van der Waals surface area (Å²) in [7, 11) is 0. The third kappa shape index (κ3) is 0.846. The first-order valence-corrected chi connectivity index (χ1v) is 7.16. The van der Waals surface area contributed by atoms with Gasteiger partial charge in [-0.2, -0.15) is 4.40 Å². The third-order valence-corrected chi connectivity index (χ3v) is 4.95. The van der Waals surface area contributed by atoms with Crippen molar-refractivity contribution in [1.82, 2.24) is 9.38 Å². The number of imidazole rings is 1. The van der Waals surface area contributed by atoms with E-state index in [1.807, 2.05) is 12.4 Å². The van der Waals surface area contributed by atoms with Gasteiger partial charge in [0.2, 0.25) is 0 Å². The second-order valence-corrected chi connectivity index (χ2v) is 5.94. The highest BCUT2D eigenvalue weighted by atomic mass is 15.1. The van der Waals surface area contributed by atoms with E-state index >= 15 is 0 Å². The molecule has 0 amide bonds. The summed E-state index contributed by atoms with van der Waals surface area (Å²) in [5.74, 6) is 0. The number of rotatable bonds is 0. The van der Waals surface area contributed by atoms with Crippen molar-refractivity contribution in [3.05, 3.63) is 53.6 Å². The lowest BCUT2D eigenvalue weighted by Gasteiger charge is -2.12. The molecule has 3 aromatic heterocycles. The van der Waals surface area contributed by atoms with Crippen molar-refractivity contribution >= 4 is 27.3 Å². The highest BCUT2D eigenvalue weighted by molar-refractivity contribution is 6.13. The minimum atomic E-state index is 1.01. The topological polar surface area (TPSA) is 21.2 Å². The molecule has 6 rings (SSSR count). The van der Waals surface area contributed by atoms with Gasteiger partial charge in [0.15, 0.2) is 0 Å². The molecule has 3 nitrogen and oxygen atoms in total. The normalized spacial score (nSPS) is 15.4. The summed E-state index contributed by atoms with van der Waals surface area (Å²) in [5.41, 5.74) is 7.03. The molecular formula is C17H12N3+. The first-order chi connectivity index (χ1) is 9.92. The molecule has 0 saturated carbocycles. The van der Waals surface area contributed by atoms with E-state index in [-0.39, 0.29) is 0 Å². The number of nitrogens with zero attached hydrogens (tertiary/aromatic N) is 3. The molecular weight excluding hydrogens is 246 g/mol. The fourth-order valence-corrected chi connectivity index (χ4v) is 4.17. The van der Waals surface area contributed by atoms with Gasteiger partial charge in [-0.1, -0.05) is 18.2 Å². The molecule has 2 aliphatic heterocycles. The number of fused-ring (bicyclic) bond motifs is 1. The molecule has 0 bridgehead atoms. The SMILES string of the molecule is c1cc2c3c(c1)c1cncc4c1n1c(c[n+](c31)C2)CC4. The summed E-state index contributed by atoms with van der Waals surface area (Å²) < 4.78 is 4.90. The van der Waals surface area contributed by atoms with Crippen molar-refractivity contribution in [3.8, 4) is 0 Å². The fourth-order valence-electron chi connectivity index (χ4n) is 4.17. The number of pyridine rings is 2. The van der Waals surface area contributed by atoms with E-state index < -0.39 is 0 Å². The smallest absolute Gasteiger partial charge is 0.263 e. The van der Waals surface area contributed by atoms with Crippen molar-refractivity contribution in [1.29, 1.82) is 0 Å². The van der Waals surface area contributed by atoms with Crippen LogP contribution in [0.15, 0.2) is 36.8 Å². The molecule has 0 spiro atoms. The first-order valence-electron chi connectivity index (χ1n) is 7.16. The standard InChI is InChI=1S/C17H12N3/c1-2-11-8-19-9-12-5-4-10-6-18-7-14-13(3-1)15(11)17(19)20(12)16(10)14/h1-3,6-7,9H,4-5,8H2/q+1. The van der Waals surface area contributed by atoms with E-state index in [1.54, 1.807) is 0 Å². The summed E-state index contributed by atoms with van der Waals surface area (Å²) >= 11 is 0. The van der Waals surface area contributed by atoms with E-state index in [2.05, 4.69) is 38.3 Å². The van der Waals surface area contributed by atoms with Gasteiger partial charge < -0.3 is 0 Å². The van der Waals surface area contributed by atoms with Crippen LogP contribution in [0.3, 0.4) is 0 Å². The highest BCUT2D eigenvalue weighted by Crippen LogP contribution is 2.37. The minimum absolute atomic E-state index is 1.01. The lowest BCUT2D eigenvalue weighted by molar-refractivity contribution is -0.657. The van der Waals surface area contributed by atoms with Crippen molar-refractivity contribution < 1.29 is 4.57 Å². The van der Waals surface area contributed by atoms with E-state index in [1.165, 1.54) is 44.1 Å². The average Bonchev–Trinajstić information content (AvgIpc) is 3.01. The quantitative estimate of drug-likeness (QED) is 0.309. The van der Waals surface area contributed by atoms with Gasteiger partial charge in [0.25, 0.3) is 5.65 Å². The Hall–Kier alpha value is -2.42. The van der Waals surface area contributed by atoms with Gasteiger partial charge in [-0.25, -0.2) is 4.57 Å². The number of hydrogen-bond donors (Lipinski definition) is 0. The summed E-state index contributed by atoms with van der Waals surface area (Å²) in [6.45, 7) is 1.01. The van der Waals surface area contributed by atoms with Gasteiger partial charge >= 0.3 is 0 Å². The van der Waals surface area contributed by atoms with Crippen LogP contribution in [0.25, 0.3) is 27.3 Å². The first kappa shape index (κ1) is 9.48. The third-order valence-electron chi connectivity index (χ3n) is 4.95. The van der Waals surface area contributed by atoms with Crippen molar-refractivity contribution in [3.63, 3.8) is 0 Å². The van der Waals surface area contributed by atoms with Gasteiger partial charge in [-0.15, -0.1) is 0 Å². The predicted molar refractivity (Wildman–Crippen MR) is 76.9 cm³/mol. The maximum absolute atomic E-state index is 4.48. The van der Waals surface area contributed by atoms with Gasteiger partial charge in [-0.05, 0) is 6.42 Å². The number of aryl methyl sites for hydroxylation is 2. The average molecular weight is 258 g/mol. The van der Waals surface area contributed by atoms with Crippen LogP contribution in [0.5, 0.6) is 0 Å². The molecule has 1 aromatic carbocycles. The van der Waals surface area contributed by atoms with Gasteiger partial charge in [0.05, 0.1) is 5.39 Å². The Morgan fingerprint density at radius 3 is 3.05 bits per heavy atom. The largest absolute Gasteiger partial charge is 0.295 e. The Labute approximate surface area is 115 Å². The van der Waals surface area contributed by atoms with Crippen molar-refractivity contribution in [2.75, 3.05) is 0 Å². The monoisotopic (exact) mass is 258 g/mol. The molecule has 0 saturated heterocycles. The molecule has 4 aromatic rings. The summed E-state index contributed by atoms with van der Waals surface area (Å²) in [4.78, 5) is 4.48. The Kier molecular flexibility index (Phi) is 1.35. The van der Waals surface area contributed by atoms with Crippen LogP contribution in [0, 0.1) is 0 Å². The van der Waals surface area contributed by atoms with Crippen molar-refractivity contribution in [2.24, 2.45) is 0 Å². The van der Waals surface area contributed by atoms with Crippen LogP contribution in [0.1, 0.15) is 16.8 Å². The Morgan fingerprint density at radius 1 is 1.05 bits per heavy atom. The summed E-state index contributed by atoms with van der Waals surface area (Å²) in [6, 6.07) is 6.68. The van der Waals surface area contributed by atoms with Crippen LogP contribution in [0.2, 0.25) is 0 Å². The van der Waals surface area contributed by atoms with Crippen LogP contribution < -0.4 is 4.57 Å². The second-order valence-electron chi connectivity index (χ2n) is 5.94. The predicted octanol–water partition coefficient (Wildman–Crippen LogP) is 2.39. The van der Waals surface area contributed by atoms with E-state index in [0.29, 0.717) is 0 Å². The molecule has 0 aliphatic carbocycles. The maximum Gasteiger partial charge on any atom is 0.295 e. The lowest BCUT2D eigenvalue weighted by Crippen LogP contribution is -2.28. The van der Waals surface area contributed by atoms with Crippen LogP contribution >= 0.6 is 0 Å². The van der Waals surface area contributed by atoms with Gasteiger partial charge in [-0.3, -0.25) is 4.98 Å². The van der Waals surface area contributed by atoms with Gasteiger partial charge in [0.1, 0.15) is 24.0 Å². The Balaban J connectivity index is 2.13. The van der Waals surface area contributed by atoms with Gasteiger partial charge in [0, 0.05) is 40.7 Å². The molecule has 94 valence electrons. The molecule has 5 heterocycles. The maximum atomic E-state index is 4.48. The summed E-state index contributed by atoms with van der Waals surface area (Å²) in [6.07, 6.45) is 8.65. The van der Waals surface area contributed by atoms with E-state index in [0.717, 1.165) is 19.4 Å². The summed E-state index contributed by atoms with van der Waals surface area (Å²) in [5, 5.41) is 4.08. The Morgan fingerprint density at radius 2 is 2.05 bits per heavy atom.